The average Bonchev–Trinajstić information content (AvgIpc) is 2.97. The van der Waals surface area contributed by atoms with Crippen LogP contribution in [0.1, 0.15) is 34.2 Å². The highest BCUT2D eigenvalue weighted by molar-refractivity contribution is 7.89. The Balaban J connectivity index is 2.23. The van der Waals surface area contributed by atoms with Gasteiger partial charge in [0.2, 0.25) is 10.0 Å². The van der Waals surface area contributed by atoms with Gasteiger partial charge in [0.1, 0.15) is 11.3 Å². The number of hydrogen-bond donors (Lipinski definition) is 1. The molecule has 0 amide bonds. The van der Waals surface area contributed by atoms with Crippen LogP contribution in [0.25, 0.3) is 11.0 Å². The Morgan fingerprint density at radius 3 is 2.41 bits per heavy atom. The molecule has 0 unspecified atom stereocenters. The molecule has 2 N–H and O–H groups in total. The molecule has 142 valence electrons. The van der Waals surface area contributed by atoms with Crippen LogP contribution in [-0.4, -0.2) is 14.2 Å². The second kappa shape index (κ2) is 6.50. The van der Waals surface area contributed by atoms with Crippen LogP contribution in [0.15, 0.2) is 51.8 Å². The molecule has 0 atom stereocenters. The summed E-state index contributed by atoms with van der Waals surface area (Å²) in [5.41, 5.74) is -1.01. The number of carbonyl (C=O) groups is 1. The Morgan fingerprint density at radius 2 is 1.81 bits per heavy atom. The van der Waals surface area contributed by atoms with Crippen LogP contribution in [0, 0.1) is 0 Å². The van der Waals surface area contributed by atoms with Gasteiger partial charge in [-0.05, 0) is 18.2 Å². The van der Waals surface area contributed by atoms with E-state index in [0.29, 0.717) is 35.3 Å². The number of carbonyl (C=O) groups excluding carboxylic acids is 1. The predicted molar refractivity (Wildman–Crippen MR) is 91.8 cm³/mol. The van der Waals surface area contributed by atoms with E-state index >= 15 is 0 Å². The van der Waals surface area contributed by atoms with Crippen molar-refractivity contribution in [3.8, 4) is 0 Å². The van der Waals surface area contributed by atoms with Gasteiger partial charge in [-0.15, -0.1) is 0 Å². The lowest BCUT2D eigenvalue weighted by atomic mass is 9.98. The molecule has 0 aliphatic rings. The molecule has 0 spiro atoms. The fraction of sp³-hybridized carbons (Fsp3) is 0.167. The summed E-state index contributed by atoms with van der Waals surface area (Å²) in [7, 11) is -4.70. The third-order valence-corrected chi connectivity index (χ3v) is 5.02. The van der Waals surface area contributed by atoms with Gasteiger partial charge in [0.25, 0.3) is 0 Å². The third-order valence-electron chi connectivity index (χ3n) is 4.07. The van der Waals surface area contributed by atoms with Crippen molar-refractivity contribution in [1.29, 1.82) is 0 Å². The second-order valence-electron chi connectivity index (χ2n) is 5.83. The summed E-state index contributed by atoms with van der Waals surface area (Å²) in [6.07, 6.45) is -4.56. The molecule has 3 aromatic rings. The van der Waals surface area contributed by atoms with Crippen LogP contribution in [0.4, 0.5) is 13.2 Å². The number of nitrogens with two attached hydrogens (primary N) is 1. The SMILES string of the molecule is CCc1oc2ccccc2c1C(=O)c1ccc(C(F)(F)F)c(S(N)(=O)=O)c1. The molecule has 9 heteroatoms. The number of benzene rings is 2. The maximum Gasteiger partial charge on any atom is 0.417 e. The number of sulfonamides is 1. The monoisotopic (exact) mass is 397 g/mol. The van der Waals surface area contributed by atoms with E-state index in [1.807, 2.05) is 0 Å². The molecule has 0 saturated heterocycles. The largest absolute Gasteiger partial charge is 0.460 e. The third kappa shape index (κ3) is 3.47. The Kier molecular flexibility index (Phi) is 4.61. The Morgan fingerprint density at radius 1 is 1.15 bits per heavy atom. The molecule has 27 heavy (non-hydrogen) atoms. The predicted octanol–water partition coefficient (Wildman–Crippen LogP) is 3.89. The van der Waals surface area contributed by atoms with Gasteiger partial charge < -0.3 is 4.42 Å². The van der Waals surface area contributed by atoms with Crippen LogP contribution < -0.4 is 5.14 Å². The molecule has 0 saturated carbocycles. The highest BCUT2D eigenvalue weighted by atomic mass is 32.2. The van der Waals surface area contributed by atoms with Crippen LogP contribution in [0.2, 0.25) is 0 Å². The van der Waals surface area contributed by atoms with E-state index in [4.69, 9.17) is 9.56 Å². The summed E-state index contributed by atoms with van der Waals surface area (Å²) in [6.45, 7) is 1.76. The number of fused-ring (bicyclic) bond motifs is 1. The molecule has 2 aromatic carbocycles. The minimum Gasteiger partial charge on any atom is -0.460 e. The first-order valence-electron chi connectivity index (χ1n) is 7.83. The first kappa shape index (κ1) is 19.1. The molecular weight excluding hydrogens is 383 g/mol. The van der Waals surface area contributed by atoms with E-state index in [2.05, 4.69) is 0 Å². The zero-order valence-corrected chi connectivity index (χ0v) is 14.8. The van der Waals surface area contributed by atoms with Crippen molar-refractivity contribution in [2.75, 3.05) is 0 Å². The number of furan rings is 1. The first-order valence-corrected chi connectivity index (χ1v) is 9.37. The Hall–Kier alpha value is -2.65. The lowest BCUT2D eigenvalue weighted by Crippen LogP contribution is -2.20. The molecule has 0 aliphatic heterocycles. The maximum absolute atomic E-state index is 13.1. The first-order chi connectivity index (χ1) is 12.5. The lowest BCUT2D eigenvalue weighted by Gasteiger charge is -2.12. The van der Waals surface area contributed by atoms with Gasteiger partial charge in [0, 0.05) is 17.4 Å². The lowest BCUT2D eigenvalue weighted by molar-refractivity contribution is -0.139. The number of primary sulfonamides is 1. The minimum absolute atomic E-state index is 0.188. The van der Waals surface area contributed by atoms with Gasteiger partial charge in [-0.2, -0.15) is 13.2 Å². The smallest absolute Gasteiger partial charge is 0.417 e. The summed E-state index contributed by atoms with van der Waals surface area (Å²) in [4.78, 5) is 11.8. The van der Waals surface area contributed by atoms with Crippen molar-refractivity contribution in [2.45, 2.75) is 24.4 Å². The van der Waals surface area contributed by atoms with Gasteiger partial charge >= 0.3 is 6.18 Å². The second-order valence-corrected chi connectivity index (χ2v) is 7.36. The molecule has 0 fully saturated rings. The van der Waals surface area contributed by atoms with Gasteiger partial charge in [-0.1, -0.05) is 31.2 Å². The molecule has 0 aliphatic carbocycles. The van der Waals surface area contributed by atoms with E-state index in [1.54, 1.807) is 31.2 Å². The van der Waals surface area contributed by atoms with E-state index in [-0.39, 0.29) is 11.1 Å². The summed E-state index contributed by atoms with van der Waals surface area (Å²) < 4.78 is 68.2. The molecule has 1 heterocycles. The van der Waals surface area contributed by atoms with Crippen LogP contribution in [0.3, 0.4) is 0 Å². The Labute approximate surface area is 152 Å². The van der Waals surface area contributed by atoms with Crippen molar-refractivity contribution in [3.05, 3.63) is 64.9 Å². The Bertz CT molecular complexity index is 1150. The van der Waals surface area contributed by atoms with E-state index in [1.165, 1.54) is 0 Å². The zero-order valence-electron chi connectivity index (χ0n) is 14.0. The standard InChI is InChI=1S/C18H14F3NO4S/c1-2-13-16(11-5-3-4-6-14(11)26-13)17(23)10-7-8-12(18(19,20)21)15(9-10)27(22,24)25/h3-9H,2H2,1H3,(H2,22,24,25). The average molecular weight is 397 g/mol. The summed E-state index contributed by atoms with van der Waals surface area (Å²) in [6, 6.07) is 8.85. The van der Waals surface area contributed by atoms with Crippen molar-refractivity contribution in [3.63, 3.8) is 0 Å². The maximum atomic E-state index is 13.1. The topological polar surface area (TPSA) is 90.4 Å². The summed E-state index contributed by atoms with van der Waals surface area (Å²) in [5.74, 6) is -0.284. The van der Waals surface area contributed by atoms with Gasteiger partial charge in [0.15, 0.2) is 5.78 Å². The number of hydrogen-bond acceptors (Lipinski definition) is 4. The van der Waals surface area contributed by atoms with Crippen molar-refractivity contribution in [2.24, 2.45) is 5.14 Å². The number of alkyl halides is 3. The number of rotatable bonds is 4. The molecule has 1 aromatic heterocycles. The van der Waals surface area contributed by atoms with Crippen LogP contribution >= 0.6 is 0 Å². The van der Waals surface area contributed by atoms with E-state index in [9.17, 15) is 26.4 Å². The van der Waals surface area contributed by atoms with E-state index in [0.717, 1.165) is 6.07 Å². The highest BCUT2D eigenvalue weighted by Crippen LogP contribution is 2.35. The quantitative estimate of drug-likeness (QED) is 0.676. The van der Waals surface area contributed by atoms with Crippen molar-refractivity contribution >= 4 is 26.8 Å². The summed E-state index contributed by atoms with van der Waals surface area (Å²) >= 11 is 0. The number of para-hydroxylation sites is 1. The molecule has 5 nitrogen and oxygen atoms in total. The van der Waals surface area contributed by atoms with Gasteiger partial charge in [0.05, 0.1) is 16.0 Å². The fourth-order valence-electron chi connectivity index (χ4n) is 2.87. The zero-order chi connectivity index (χ0) is 20.0. The van der Waals surface area contributed by atoms with E-state index < -0.39 is 32.4 Å². The normalized spacial score (nSPS) is 12.5. The van der Waals surface area contributed by atoms with Crippen LogP contribution in [0.5, 0.6) is 0 Å². The number of aryl methyl sites for hydroxylation is 1. The molecule has 3 rings (SSSR count). The number of ketones is 1. The summed E-state index contributed by atoms with van der Waals surface area (Å²) in [5, 5.41) is 5.43. The van der Waals surface area contributed by atoms with Crippen molar-refractivity contribution < 1.29 is 30.8 Å². The van der Waals surface area contributed by atoms with Gasteiger partial charge in [-0.3, -0.25) is 4.79 Å². The molecular formula is C18H14F3NO4S. The number of halogens is 3. The molecule has 0 radical (unpaired) electrons. The van der Waals surface area contributed by atoms with Crippen molar-refractivity contribution in [1.82, 2.24) is 0 Å². The van der Waals surface area contributed by atoms with Gasteiger partial charge in [-0.25, -0.2) is 13.6 Å². The fourth-order valence-corrected chi connectivity index (χ4v) is 3.65. The molecule has 0 bridgehead atoms. The highest BCUT2D eigenvalue weighted by Gasteiger charge is 2.37. The minimum atomic E-state index is -4.93. The van der Waals surface area contributed by atoms with Crippen LogP contribution in [-0.2, 0) is 22.6 Å².